The molecule has 1 saturated heterocycles. The Morgan fingerprint density at radius 3 is 2.35 bits per heavy atom. The molecule has 2 aromatic carbocycles. The average molecular weight is 478 g/mol. The number of likely N-dealkylation sites (tertiary alicyclic amines) is 1. The van der Waals surface area contributed by atoms with Crippen LogP contribution in [0.4, 0.5) is 28.0 Å². The van der Waals surface area contributed by atoms with E-state index in [4.69, 9.17) is 0 Å². The Morgan fingerprint density at radius 1 is 1.09 bits per heavy atom. The number of alkyl halides is 3. The Kier molecular flexibility index (Phi) is 7.45. The van der Waals surface area contributed by atoms with Crippen molar-refractivity contribution in [3.63, 3.8) is 0 Å². The van der Waals surface area contributed by atoms with Crippen LogP contribution in [0.3, 0.4) is 0 Å². The van der Waals surface area contributed by atoms with Gasteiger partial charge in [-0.25, -0.2) is 9.18 Å². The Morgan fingerprint density at radius 2 is 1.76 bits per heavy atom. The summed E-state index contributed by atoms with van der Waals surface area (Å²) in [4.78, 5) is 17.4. The maximum atomic E-state index is 13.9. The topological polar surface area (TPSA) is 35.6 Å². The van der Waals surface area contributed by atoms with Crippen LogP contribution < -0.4 is 5.32 Å². The second-order valence-corrected chi connectivity index (χ2v) is 9.47. The Bertz CT molecular complexity index is 970. The molecule has 2 amide bonds. The van der Waals surface area contributed by atoms with Gasteiger partial charge in [-0.3, -0.25) is 0 Å². The zero-order valence-electron chi connectivity index (χ0n) is 19.3. The van der Waals surface area contributed by atoms with Gasteiger partial charge < -0.3 is 15.1 Å². The molecule has 1 heterocycles. The van der Waals surface area contributed by atoms with Crippen LogP contribution in [0.15, 0.2) is 48.5 Å². The van der Waals surface area contributed by atoms with Crippen molar-refractivity contribution in [3.8, 4) is 0 Å². The maximum absolute atomic E-state index is 13.9. The van der Waals surface area contributed by atoms with Gasteiger partial charge in [0.2, 0.25) is 0 Å². The first kappa shape index (κ1) is 24.5. The third-order valence-electron chi connectivity index (χ3n) is 7.28. The number of urea groups is 1. The Balaban J connectivity index is 1.49. The highest BCUT2D eigenvalue weighted by atomic mass is 19.4. The molecule has 1 N–H and O–H groups in total. The number of amides is 2. The molecule has 0 radical (unpaired) electrons. The number of benzene rings is 2. The zero-order valence-corrected chi connectivity index (χ0v) is 19.3. The van der Waals surface area contributed by atoms with Gasteiger partial charge in [-0.05, 0) is 62.3 Å². The molecule has 1 atom stereocenters. The molecule has 34 heavy (non-hydrogen) atoms. The minimum Gasteiger partial charge on any atom is -0.317 e. The summed E-state index contributed by atoms with van der Waals surface area (Å²) in [6.45, 7) is 4.36. The molecule has 4 nitrogen and oxygen atoms in total. The van der Waals surface area contributed by atoms with E-state index in [1.54, 1.807) is 4.90 Å². The molecule has 2 aromatic rings. The van der Waals surface area contributed by atoms with E-state index in [2.05, 4.69) is 17.1 Å². The molecule has 0 aromatic heterocycles. The first-order chi connectivity index (χ1) is 16.2. The fourth-order valence-electron chi connectivity index (χ4n) is 4.99. The number of carbonyl (C=O) groups is 1. The maximum Gasteiger partial charge on any atom is 0.416 e. The van der Waals surface area contributed by atoms with E-state index in [1.165, 1.54) is 19.3 Å². The van der Waals surface area contributed by atoms with Crippen LogP contribution in [0.1, 0.15) is 50.2 Å². The van der Waals surface area contributed by atoms with Crippen molar-refractivity contribution >= 4 is 11.7 Å². The van der Waals surface area contributed by atoms with E-state index in [-0.39, 0.29) is 11.7 Å². The molecule has 184 valence electrons. The number of nitrogens with one attached hydrogen (secondary N) is 1. The normalized spacial score (nSPS) is 18.9. The summed E-state index contributed by atoms with van der Waals surface area (Å²) in [6, 6.07) is 11.5. The molecule has 0 bridgehead atoms. The van der Waals surface area contributed by atoms with Crippen LogP contribution in [0, 0.1) is 11.7 Å². The number of hydrogen-bond acceptors (Lipinski definition) is 2. The van der Waals surface area contributed by atoms with Gasteiger partial charge in [0.15, 0.2) is 0 Å². The lowest BCUT2D eigenvalue weighted by Crippen LogP contribution is -2.51. The lowest BCUT2D eigenvalue weighted by Gasteiger charge is -2.44. The first-order valence-corrected chi connectivity index (χ1v) is 11.9. The summed E-state index contributed by atoms with van der Waals surface area (Å²) in [7, 11) is 0. The molecule has 1 aliphatic carbocycles. The monoisotopic (exact) mass is 477 g/mol. The fourth-order valence-corrected chi connectivity index (χ4v) is 4.99. The lowest BCUT2D eigenvalue weighted by molar-refractivity contribution is -0.137. The third kappa shape index (κ3) is 5.90. The van der Waals surface area contributed by atoms with Crippen LogP contribution in [0.25, 0.3) is 0 Å². The SMILES string of the molecule is CC(C1CCC1)N1CCC(N(Cc2ccccc2)C(=O)Nc2cc(F)cc(C(F)(F)F)c2)CC1. The predicted octanol–water partition coefficient (Wildman–Crippen LogP) is 6.53. The standard InChI is InChI=1S/C26H31F4N3O/c1-18(20-8-5-9-20)32-12-10-24(11-13-32)33(17-19-6-3-2-4-7-19)25(34)31-23-15-21(26(28,29)30)14-22(27)16-23/h2-4,6-7,14-16,18,20,24H,5,8-13,17H2,1H3,(H,31,34). The highest BCUT2D eigenvalue weighted by Gasteiger charge is 2.34. The molecular formula is C26H31F4N3O. The summed E-state index contributed by atoms with van der Waals surface area (Å²) in [5.74, 6) is -0.297. The molecule has 4 rings (SSSR count). The number of nitrogens with zero attached hydrogens (tertiary/aromatic N) is 2. The number of anilines is 1. The average Bonchev–Trinajstić information content (AvgIpc) is 2.76. The van der Waals surface area contributed by atoms with E-state index < -0.39 is 23.6 Å². The van der Waals surface area contributed by atoms with Gasteiger partial charge >= 0.3 is 12.2 Å². The molecule has 0 spiro atoms. The summed E-state index contributed by atoms with van der Waals surface area (Å²) >= 11 is 0. The first-order valence-electron chi connectivity index (χ1n) is 11.9. The molecule has 2 aliphatic rings. The number of halogens is 4. The van der Waals surface area contributed by atoms with Gasteiger partial charge in [0, 0.05) is 37.4 Å². The van der Waals surface area contributed by atoms with Crippen molar-refractivity contribution in [3.05, 3.63) is 65.5 Å². The van der Waals surface area contributed by atoms with Crippen LogP contribution in [-0.4, -0.2) is 41.0 Å². The quantitative estimate of drug-likeness (QED) is 0.480. The van der Waals surface area contributed by atoms with Gasteiger partial charge in [0.1, 0.15) is 5.82 Å². The summed E-state index contributed by atoms with van der Waals surface area (Å²) in [6.07, 6.45) is 0.721. The number of piperidine rings is 1. The summed E-state index contributed by atoms with van der Waals surface area (Å²) in [5.41, 5.74) is -0.403. The van der Waals surface area contributed by atoms with Crippen LogP contribution >= 0.6 is 0 Å². The highest BCUT2D eigenvalue weighted by Crippen LogP contribution is 2.34. The second kappa shape index (κ2) is 10.3. The molecule has 1 saturated carbocycles. The molecule has 1 unspecified atom stereocenters. The minimum atomic E-state index is -4.70. The number of carbonyl (C=O) groups excluding carboxylic acids is 1. The molecular weight excluding hydrogens is 446 g/mol. The van der Waals surface area contributed by atoms with Gasteiger partial charge in [0.05, 0.1) is 5.56 Å². The minimum absolute atomic E-state index is 0.0549. The smallest absolute Gasteiger partial charge is 0.317 e. The molecule has 8 heteroatoms. The zero-order chi connectivity index (χ0) is 24.3. The van der Waals surface area contributed by atoms with E-state index in [1.807, 2.05) is 30.3 Å². The van der Waals surface area contributed by atoms with Gasteiger partial charge in [-0.1, -0.05) is 36.8 Å². The van der Waals surface area contributed by atoms with E-state index in [0.29, 0.717) is 18.7 Å². The lowest BCUT2D eigenvalue weighted by atomic mass is 9.79. The highest BCUT2D eigenvalue weighted by molar-refractivity contribution is 5.89. The van der Waals surface area contributed by atoms with Crippen molar-refractivity contribution in [1.82, 2.24) is 9.80 Å². The van der Waals surface area contributed by atoms with Crippen LogP contribution in [-0.2, 0) is 12.7 Å². The van der Waals surface area contributed by atoms with Crippen molar-refractivity contribution in [2.45, 2.75) is 63.8 Å². The number of hydrogen-bond donors (Lipinski definition) is 1. The van der Waals surface area contributed by atoms with Crippen molar-refractivity contribution in [2.75, 3.05) is 18.4 Å². The molecule has 1 aliphatic heterocycles. The van der Waals surface area contributed by atoms with Gasteiger partial charge in [0.25, 0.3) is 0 Å². The van der Waals surface area contributed by atoms with E-state index in [0.717, 1.165) is 49.5 Å². The number of rotatable bonds is 6. The van der Waals surface area contributed by atoms with E-state index in [9.17, 15) is 22.4 Å². The van der Waals surface area contributed by atoms with Gasteiger partial charge in [-0.15, -0.1) is 0 Å². The van der Waals surface area contributed by atoms with Crippen molar-refractivity contribution in [2.24, 2.45) is 5.92 Å². The summed E-state index contributed by atoms with van der Waals surface area (Å²) < 4.78 is 53.2. The molecule has 2 fully saturated rings. The van der Waals surface area contributed by atoms with Crippen LogP contribution in [0.2, 0.25) is 0 Å². The Labute approximate surface area is 197 Å². The third-order valence-corrected chi connectivity index (χ3v) is 7.28. The Hall–Kier alpha value is -2.61. The van der Waals surface area contributed by atoms with Crippen LogP contribution in [0.5, 0.6) is 0 Å². The second-order valence-electron chi connectivity index (χ2n) is 9.47. The van der Waals surface area contributed by atoms with Gasteiger partial charge in [-0.2, -0.15) is 13.2 Å². The van der Waals surface area contributed by atoms with Crippen molar-refractivity contribution < 1.29 is 22.4 Å². The largest absolute Gasteiger partial charge is 0.416 e. The van der Waals surface area contributed by atoms with E-state index >= 15 is 0 Å². The van der Waals surface area contributed by atoms with Crippen molar-refractivity contribution in [1.29, 1.82) is 0 Å². The predicted molar refractivity (Wildman–Crippen MR) is 124 cm³/mol. The summed E-state index contributed by atoms with van der Waals surface area (Å²) in [5, 5.41) is 2.52. The fraction of sp³-hybridized carbons (Fsp3) is 0.500.